The van der Waals surface area contributed by atoms with Crippen LogP contribution in [0, 0.1) is 11.3 Å². The predicted octanol–water partition coefficient (Wildman–Crippen LogP) is 3.39. The zero-order valence-electron chi connectivity index (χ0n) is 18.8. The van der Waals surface area contributed by atoms with Gasteiger partial charge < -0.3 is 25.4 Å². The number of aliphatic hydroxyl groups excluding tert-OH is 1. The van der Waals surface area contributed by atoms with Gasteiger partial charge in [0.15, 0.2) is 17.5 Å². The van der Waals surface area contributed by atoms with Crippen LogP contribution >= 0.6 is 0 Å². The Kier molecular flexibility index (Phi) is 7.09. The van der Waals surface area contributed by atoms with Gasteiger partial charge in [-0.15, -0.1) is 0 Å². The van der Waals surface area contributed by atoms with Gasteiger partial charge in [-0.05, 0) is 42.3 Å². The number of benzene rings is 3. The van der Waals surface area contributed by atoms with Gasteiger partial charge >= 0.3 is 5.97 Å². The van der Waals surface area contributed by atoms with E-state index >= 15 is 0 Å². The molecule has 2 atom stereocenters. The van der Waals surface area contributed by atoms with Gasteiger partial charge in [-0.2, -0.15) is 5.26 Å². The standard InChI is InChI=1S/C27H21N3O6/c28-15-22-20-14-18(36-17-9-5-2-6-10-17)11-12-19(20)24(31)23(29-22)26(33)30-21(25(32)27(34)35)13-16-7-3-1-4-8-16/h1-12,14,21,25,31-32H,13H2,(H,30,33)(H,34,35)/t21-,25-/m1/s1. The molecule has 1 amide bonds. The number of carboxylic acid groups (broad SMARTS) is 1. The zero-order valence-corrected chi connectivity index (χ0v) is 18.8. The fraction of sp³-hybridized carbons (Fsp3) is 0.111. The third-order valence-corrected chi connectivity index (χ3v) is 5.50. The number of aromatic hydroxyl groups is 1. The number of ether oxygens (including phenoxy) is 1. The summed E-state index contributed by atoms with van der Waals surface area (Å²) in [5.74, 6) is -1.97. The van der Waals surface area contributed by atoms with Crippen molar-refractivity contribution in [3.8, 4) is 23.3 Å². The number of carbonyl (C=O) groups excluding carboxylic acids is 1. The van der Waals surface area contributed by atoms with E-state index in [-0.39, 0.29) is 22.9 Å². The van der Waals surface area contributed by atoms with Gasteiger partial charge in [0.05, 0.1) is 6.04 Å². The number of fused-ring (bicyclic) bond motifs is 1. The minimum absolute atomic E-state index is 0.0136. The number of nitrogens with one attached hydrogen (secondary N) is 1. The highest BCUT2D eigenvalue weighted by molar-refractivity contribution is 6.03. The number of aliphatic hydroxyl groups is 1. The minimum atomic E-state index is -1.91. The minimum Gasteiger partial charge on any atom is -0.505 e. The van der Waals surface area contributed by atoms with Crippen LogP contribution in [0.15, 0.2) is 78.9 Å². The number of nitriles is 1. The summed E-state index contributed by atoms with van der Waals surface area (Å²) in [6.45, 7) is 0. The summed E-state index contributed by atoms with van der Waals surface area (Å²) in [7, 11) is 0. The Bertz CT molecular complexity index is 1450. The molecule has 4 aromatic rings. The number of para-hydroxylation sites is 1. The number of carboxylic acids is 1. The first-order valence-corrected chi connectivity index (χ1v) is 10.9. The molecule has 0 aliphatic rings. The summed E-state index contributed by atoms with van der Waals surface area (Å²) < 4.78 is 5.78. The van der Waals surface area contributed by atoms with Crippen molar-refractivity contribution in [3.63, 3.8) is 0 Å². The summed E-state index contributed by atoms with van der Waals surface area (Å²) in [6.07, 6.45) is -1.90. The maximum Gasteiger partial charge on any atom is 0.334 e. The van der Waals surface area contributed by atoms with Crippen LogP contribution in [-0.4, -0.2) is 44.3 Å². The first-order chi connectivity index (χ1) is 17.4. The average Bonchev–Trinajstić information content (AvgIpc) is 2.89. The molecule has 0 saturated heterocycles. The van der Waals surface area contributed by atoms with E-state index in [1.807, 2.05) is 24.3 Å². The van der Waals surface area contributed by atoms with E-state index in [0.29, 0.717) is 17.1 Å². The summed E-state index contributed by atoms with van der Waals surface area (Å²) >= 11 is 0. The fourth-order valence-corrected chi connectivity index (χ4v) is 3.73. The molecule has 1 aromatic heterocycles. The highest BCUT2D eigenvalue weighted by Crippen LogP contribution is 2.33. The van der Waals surface area contributed by atoms with E-state index in [9.17, 15) is 30.2 Å². The first kappa shape index (κ1) is 24.2. The van der Waals surface area contributed by atoms with Gasteiger partial charge in [-0.1, -0.05) is 48.5 Å². The molecule has 0 saturated carbocycles. The Morgan fingerprint density at radius 2 is 1.64 bits per heavy atom. The lowest BCUT2D eigenvalue weighted by Crippen LogP contribution is -2.48. The molecule has 4 N–H and O–H groups in total. The Labute approximate surface area is 205 Å². The van der Waals surface area contributed by atoms with E-state index < -0.39 is 35.5 Å². The molecule has 0 unspecified atom stereocenters. The van der Waals surface area contributed by atoms with Crippen molar-refractivity contribution in [2.45, 2.75) is 18.6 Å². The number of hydrogen-bond donors (Lipinski definition) is 4. The van der Waals surface area contributed by atoms with Crippen molar-refractivity contribution in [2.75, 3.05) is 0 Å². The van der Waals surface area contributed by atoms with Gasteiger partial charge in [0, 0.05) is 10.8 Å². The maximum absolute atomic E-state index is 13.0. The fourth-order valence-electron chi connectivity index (χ4n) is 3.73. The molecule has 36 heavy (non-hydrogen) atoms. The van der Waals surface area contributed by atoms with Crippen molar-refractivity contribution >= 4 is 22.6 Å². The van der Waals surface area contributed by atoms with Crippen LogP contribution in [0.3, 0.4) is 0 Å². The summed E-state index contributed by atoms with van der Waals surface area (Å²) in [6, 6.07) is 23.0. The first-order valence-electron chi connectivity index (χ1n) is 10.9. The molecular weight excluding hydrogens is 462 g/mol. The van der Waals surface area contributed by atoms with Gasteiger partial charge in [0.1, 0.15) is 23.3 Å². The highest BCUT2D eigenvalue weighted by atomic mass is 16.5. The Morgan fingerprint density at radius 1 is 0.972 bits per heavy atom. The Hall–Kier alpha value is -4.94. The van der Waals surface area contributed by atoms with Crippen molar-refractivity contribution in [1.29, 1.82) is 5.26 Å². The molecule has 1 heterocycles. The summed E-state index contributed by atoms with van der Waals surface area (Å²) in [5.41, 5.74) is 0.0822. The number of pyridine rings is 1. The smallest absolute Gasteiger partial charge is 0.334 e. The van der Waals surface area contributed by atoms with E-state index in [1.54, 1.807) is 48.5 Å². The highest BCUT2D eigenvalue weighted by Gasteiger charge is 2.30. The zero-order chi connectivity index (χ0) is 25.7. The molecule has 4 rings (SSSR count). The number of aliphatic carboxylic acids is 1. The van der Waals surface area contributed by atoms with Crippen LogP contribution < -0.4 is 10.1 Å². The van der Waals surface area contributed by atoms with E-state index in [4.69, 9.17) is 4.74 Å². The van der Waals surface area contributed by atoms with Gasteiger partial charge in [-0.3, -0.25) is 4.79 Å². The maximum atomic E-state index is 13.0. The number of nitrogens with zero attached hydrogens (tertiary/aromatic N) is 2. The molecule has 0 bridgehead atoms. The number of carbonyl (C=O) groups is 2. The number of aromatic nitrogens is 1. The van der Waals surface area contributed by atoms with Crippen LogP contribution in [0.1, 0.15) is 21.7 Å². The normalized spacial score (nSPS) is 12.3. The average molecular weight is 483 g/mol. The second-order valence-corrected chi connectivity index (χ2v) is 7.94. The SMILES string of the molecule is N#Cc1nc(C(=O)N[C@H](Cc2ccccc2)[C@@H](O)C(=O)O)c(O)c2ccc(Oc3ccccc3)cc12. The van der Waals surface area contributed by atoms with E-state index in [1.165, 1.54) is 12.1 Å². The molecule has 9 nitrogen and oxygen atoms in total. The second kappa shape index (κ2) is 10.5. The lowest BCUT2D eigenvalue weighted by molar-refractivity contribution is -0.148. The third-order valence-electron chi connectivity index (χ3n) is 5.50. The molecule has 180 valence electrons. The van der Waals surface area contributed by atoms with Crippen LogP contribution in [0.5, 0.6) is 17.2 Å². The number of amides is 1. The predicted molar refractivity (Wildman–Crippen MR) is 130 cm³/mol. The van der Waals surface area contributed by atoms with Gasteiger partial charge in [-0.25, -0.2) is 9.78 Å². The molecular formula is C27H21N3O6. The molecule has 0 spiro atoms. The molecule has 0 aliphatic carbocycles. The van der Waals surface area contributed by atoms with Gasteiger partial charge in [0.2, 0.25) is 0 Å². The number of hydrogen-bond acceptors (Lipinski definition) is 7. The second-order valence-electron chi connectivity index (χ2n) is 7.94. The van der Waals surface area contributed by atoms with Crippen molar-refractivity contribution in [2.24, 2.45) is 0 Å². The Balaban J connectivity index is 1.66. The van der Waals surface area contributed by atoms with Crippen LogP contribution in [0.25, 0.3) is 10.8 Å². The van der Waals surface area contributed by atoms with Crippen molar-refractivity contribution in [3.05, 3.63) is 95.8 Å². The molecule has 3 aromatic carbocycles. The van der Waals surface area contributed by atoms with Crippen LogP contribution in [-0.2, 0) is 11.2 Å². The van der Waals surface area contributed by atoms with E-state index in [2.05, 4.69) is 10.3 Å². The van der Waals surface area contributed by atoms with E-state index in [0.717, 1.165) is 0 Å². The quantitative estimate of drug-likeness (QED) is 0.298. The lowest BCUT2D eigenvalue weighted by Gasteiger charge is -2.22. The van der Waals surface area contributed by atoms with Crippen LogP contribution in [0.2, 0.25) is 0 Å². The molecule has 0 radical (unpaired) electrons. The molecule has 0 aliphatic heterocycles. The van der Waals surface area contributed by atoms with Crippen molar-refractivity contribution in [1.82, 2.24) is 10.3 Å². The third kappa shape index (κ3) is 5.24. The monoisotopic (exact) mass is 483 g/mol. The van der Waals surface area contributed by atoms with Crippen LogP contribution in [0.4, 0.5) is 0 Å². The molecule has 0 fully saturated rings. The summed E-state index contributed by atoms with van der Waals surface area (Å²) in [5, 5.41) is 42.9. The largest absolute Gasteiger partial charge is 0.505 e. The van der Waals surface area contributed by atoms with Gasteiger partial charge in [0.25, 0.3) is 5.91 Å². The van der Waals surface area contributed by atoms with Crippen molar-refractivity contribution < 1.29 is 29.6 Å². The lowest BCUT2D eigenvalue weighted by atomic mass is 10.0. The molecule has 9 heteroatoms. The summed E-state index contributed by atoms with van der Waals surface area (Å²) in [4.78, 5) is 28.5. The number of rotatable bonds is 8. The topological polar surface area (TPSA) is 153 Å². The Morgan fingerprint density at radius 3 is 2.28 bits per heavy atom.